The van der Waals surface area contributed by atoms with Crippen molar-refractivity contribution in [2.24, 2.45) is 0 Å². The number of hydrogen-bond acceptors (Lipinski definition) is 2. The summed E-state index contributed by atoms with van der Waals surface area (Å²) in [5.41, 5.74) is 1.21. The van der Waals surface area contributed by atoms with Crippen molar-refractivity contribution in [1.29, 1.82) is 0 Å². The van der Waals surface area contributed by atoms with Crippen molar-refractivity contribution >= 4 is 0 Å². The third-order valence-electron chi connectivity index (χ3n) is 2.74. The average Bonchev–Trinajstić information content (AvgIpc) is 2.41. The maximum atomic E-state index is 11.9. The van der Waals surface area contributed by atoms with Crippen LogP contribution in [0.2, 0.25) is 0 Å². The molecule has 0 saturated carbocycles. The molecule has 2 heterocycles. The Balaban J connectivity index is 1.86. The van der Waals surface area contributed by atoms with Crippen LogP contribution in [0.4, 0.5) is 8.78 Å². The minimum atomic E-state index is -2.63. The molecule has 2 aliphatic heterocycles. The molecule has 0 N–H and O–H groups in total. The van der Waals surface area contributed by atoms with E-state index in [2.05, 4.69) is 16.2 Å². The molecule has 0 aromatic rings. The van der Waals surface area contributed by atoms with Gasteiger partial charge < -0.3 is 4.74 Å². The van der Waals surface area contributed by atoms with Crippen LogP contribution >= 0.6 is 0 Å². The molecule has 74 valence electrons. The molecule has 2 aliphatic rings. The summed E-state index contributed by atoms with van der Waals surface area (Å²) in [5.74, 6) is 0. The third kappa shape index (κ3) is 1.89. The molecule has 0 radical (unpaired) electrons. The molecule has 2 fully saturated rings. The molecule has 0 unspecified atom stereocenters. The van der Waals surface area contributed by atoms with Crippen LogP contribution in [0.3, 0.4) is 0 Å². The molecule has 2 rings (SSSR count). The Kier molecular flexibility index (Phi) is 2.34. The van der Waals surface area contributed by atoms with Crippen molar-refractivity contribution in [1.82, 2.24) is 4.90 Å². The topological polar surface area (TPSA) is 12.5 Å². The van der Waals surface area contributed by atoms with Crippen molar-refractivity contribution in [3.05, 3.63) is 12.2 Å². The fourth-order valence-electron chi connectivity index (χ4n) is 2.27. The third-order valence-corrected chi connectivity index (χ3v) is 2.74. The van der Waals surface area contributed by atoms with E-state index in [9.17, 15) is 8.78 Å². The Morgan fingerprint density at radius 2 is 2.31 bits per heavy atom. The summed E-state index contributed by atoms with van der Waals surface area (Å²) < 4.78 is 28.2. The predicted octanol–water partition coefficient (Wildman–Crippen LogP) is 1.63. The van der Waals surface area contributed by atoms with Gasteiger partial charge in [0.05, 0.1) is 6.10 Å². The molecule has 2 atom stereocenters. The first-order valence-electron chi connectivity index (χ1n) is 4.49. The lowest BCUT2D eigenvalue weighted by atomic mass is 10.1. The summed E-state index contributed by atoms with van der Waals surface area (Å²) in [6, 6.07) is 0.399. The molecule has 0 amide bonds. The average molecular weight is 189 g/mol. The lowest BCUT2D eigenvalue weighted by Gasteiger charge is -2.13. The highest BCUT2D eigenvalue weighted by molar-refractivity contribution is 5.11. The first-order chi connectivity index (χ1) is 6.15. The van der Waals surface area contributed by atoms with Crippen LogP contribution in [0.1, 0.15) is 12.8 Å². The van der Waals surface area contributed by atoms with Crippen LogP contribution in [-0.4, -0.2) is 36.7 Å². The van der Waals surface area contributed by atoms with Gasteiger partial charge in [-0.3, -0.25) is 4.90 Å². The highest BCUT2D eigenvalue weighted by Crippen LogP contribution is 2.32. The van der Waals surface area contributed by atoms with Gasteiger partial charge in [0.15, 0.2) is 0 Å². The molecule has 4 heteroatoms. The van der Waals surface area contributed by atoms with Crippen LogP contribution in [0.15, 0.2) is 12.2 Å². The van der Waals surface area contributed by atoms with E-state index in [4.69, 9.17) is 0 Å². The molecule has 0 aromatic heterocycles. The van der Waals surface area contributed by atoms with Gasteiger partial charge >= 0.3 is 6.61 Å². The van der Waals surface area contributed by atoms with Gasteiger partial charge in [0.1, 0.15) is 0 Å². The summed E-state index contributed by atoms with van der Waals surface area (Å²) in [6.45, 7) is 2.75. The van der Waals surface area contributed by atoms with Gasteiger partial charge in [0.25, 0.3) is 0 Å². The maximum Gasteiger partial charge on any atom is 0.345 e. The van der Waals surface area contributed by atoms with Gasteiger partial charge in [0, 0.05) is 19.1 Å². The number of fused-ring (bicyclic) bond motifs is 1. The van der Waals surface area contributed by atoms with E-state index < -0.39 is 6.61 Å². The van der Waals surface area contributed by atoms with Gasteiger partial charge in [-0.25, -0.2) is 0 Å². The molecule has 0 bridgehead atoms. The van der Waals surface area contributed by atoms with Gasteiger partial charge in [-0.15, -0.1) is 0 Å². The SMILES string of the molecule is C=C1C[C@@H]2C[C@@H](OC(F)F)CN2C1. The van der Waals surface area contributed by atoms with Gasteiger partial charge in [-0.2, -0.15) is 8.78 Å². The first-order valence-corrected chi connectivity index (χ1v) is 4.49. The van der Waals surface area contributed by atoms with Gasteiger partial charge in [-0.1, -0.05) is 12.2 Å². The van der Waals surface area contributed by atoms with Crippen LogP contribution in [0.5, 0.6) is 0 Å². The Hall–Kier alpha value is -0.480. The Bertz CT molecular complexity index is 204. The highest BCUT2D eigenvalue weighted by Gasteiger charge is 2.38. The lowest BCUT2D eigenvalue weighted by Crippen LogP contribution is -2.25. The van der Waals surface area contributed by atoms with E-state index in [-0.39, 0.29) is 6.10 Å². The number of hydrogen-bond donors (Lipinski definition) is 0. The minimum absolute atomic E-state index is 0.280. The summed E-state index contributed by atoms with van der Waals surface area (Å²) in [4.78, 5) is 2.18. The maximum absolute atomic E-state index is 11.9. The van der Waals surface area contributed by atoms with E-state index in [1.54, 1.807) is 0 Å². The normalized spacial score (nSPS) is 34.5. The van der Waals surface area contributed by atoms with Crippen molar-refractivity contribution in [3.63, 3.8) is 0 Å². The van der Waals surface area contributed by atoms with E-state index in [1.807, 2.05) is 0 Å². The van der Waals surface area contributed by atoms with E-state index in [1.165, 1.54) is 5.57 Å². The smallest absolute Gasteiger partial charge is 0.318 e. The molecular weight excluding hydrogens is 176 g/mol. The minimum Gasteiger partial charge on any atom is -0.318 e. The molecule has 0 aliphatic carbocycles. The Labute approximate surface area is 76.2 Å². The van der Waals surface area contributed by atoms with Crippen molar-refractivity contribution in [3.8, 4) is 0 Å². The van der Waals surface area contributed by atoms with E-state index in [0.717, 1.165) is 19.4 Å². The molecule has 0 spiro atoms. The van der Waals surface area contributed by atoms with Crippen molar-refractivity contribution in [2.45, 2.75) is 31.6 Å². The first kappa shape index (κ1) is 9.09. The molecule has 2 saturated heterocycles. The summed E-state index contributed by atoms with van der Waals surface area (Å²) in [5, 5.41) is 0. The van der Waals surface area contributed by atoms with Crippen LogP contribution in [0.25, 0.3) is 0 Å². The van der Waals surface area contributed by atoms with Crippen LogP contribution in [0, 0.1) is 0 Å². The summed E-state index contributed by atoms with van der Waals surface area (Å²) in [7, 11) is 0. The largest absolute Gasteiger partial charge is 0.345 e. The van der Waals surface area contributed by atoms with Crippen molar-refractivity contribution < 1.29 is 13.5 Å². The molecular formula is C9H13F2NO. The molecule has 0 aromatic carbocycles. The second kappa shape index (κ2) is 3.35. The van der Waals surface area contributed by atoms with E-state index in [0.29, 0.717) is 12.6 Å². The second-order valence-electron chi connectivity index (χ2n) is 3.79. The quantitative estimate of drug-likeness (QED) is 0.612. The zero-order chi connectivity index (χ0) is 9.42. The number of halogens is 2. The summed E-state index contributed by atoms with van der Waals surface area (Å²) >= 11 is 0. The number of nitrogens with zero attached hydrogens (tertiary/aromatic N) is 1. The molecule has 13 heavy (non-hydrogen) atoms. The Morgan fingerprint density at radius 3 is 2.92 bits per heavy atom. The second-order valence-corrected chi connectivity index (χ2v) is 3.79. The number of alkyl halides is 2. The van der Waals surface area contributed by atoms with Crippen LogP contribution < -0.4 is 0 Å². The summed E-state index contributed by atoms with van der Waals surface area (Å²) in [6.07, 6.45) is 1.39. The lowest BCUT2D eigenvalue weighted by molar-refractivity contribution is -0.158. The van der Waals surface area contributed by atoms with Crippen LogP contribution in [-0.2, 0) is 4.74 Å². The zero-order valence-electron chi connectivity index (χ0n) is 7.38. The predicted molar refractivity (Wildman–Crippen MR) is 44.6 cm³/mol. The number of ether oxygens (including phenoxy) is 1. The van der Waals surface area contributed by atoms with Gasteiger partial charge in [-0.05, 0) is 12.8 Å². The van der Waals surface area contributed by atoms with Crippen molar-refractivity contribution in [2.75, 3.05) is 13.1 Å². The fraction of sp³-hybridized carbons (Fsp3) is 0.778. The monoisotopic (exact) mass is 189 g/mol. The van der Waals surface area contributed by atoms with E-state index >= 15 is 0 Å². The molecule has 2 nitrogen and oxygen atoms in total. The fourth-order valence-corrected chi connectivity index (χ4v) is 2.27. The number of rotatable bonds is 2. The highest BCUT2D eigenvalue weighted by atomic mass is 19.3. The zero-order valence-corrected chi connectivity index (χ0v) is 7.38. The van der Waals surface area contributed by atoms with Gasteiger partial charge in [0.2, 0.25) is 0 Å². The standard InChI is InChI=1S/C9H13F2NO/c1-6-2-7-3-8(13-9(10)11)5-12(7)4-6/h7-9H,1-5H2/t7-,8-/m1/s1. The Morgan fingerprint density at radius 1 is 1.54 bits per heavy atom.